The van der Waals surface area contributed by atoms with Gasteiger partial charge in [0.25, 0.3) is 0 Å². The highest BCUT2D eigenvalue weighted by Gasteiger charge is 2.33. The smallest absolute Gasteiger partial charge is 0.326 e. The first-order valence-electron chi connectivity index (χ1n) is 12.0. The molecule has 0 aromatic carbocycles. The van der Waals surface area contributed by atoms with Crippen molar-refractivity contribution >= 4 is 35.5 Å². The van der Waals surface area contributed by atoms with Gasteiger partial charge in [0.1, 0.15) is 18.1 Å². The second-order valence-electron chi connectivity index (χ2n) is 8.78. The van der Waals surface area contributed by atoms with Crippen molar-refractivity contribution in [2.75, 3.05) is 12.0 Å². The summed E-state index contributed by atoms with van der Waals surface area (Å²) in [4.78, 5) is 64.3. The number of carboxylic acids is 1. The Morgan fingerprint density at radius 3 is 2.08 bits per heavy atom. The fraction of sp³-hybridized carbons (Fsp3) is 0.565. The third-order valence-electron chi connectivity index (χ3n) is 5.96. The highest BCUT2D eigenvalue weighted by molar-refractivity contribution is 7.98. The van der Waals surface area contributed by atoms with E-state index in [9.17, 15) is 24.3 Å². The van der Waals surface area contributed by atoms with Gasteiger partial charge >= 0.3 is 5.97 Å². The number of carboxylic acid groups (broad SMARTS) is 1. The van der Waals surface area contributed by atoms with Crippen molar-refractivity contribution in [3.8, 4) is 0 Å². The quantitative estimate of drug-likeness (QED) is 0.148. The minimum absolute atomic E-state index is 0.00285. The van der Waals surface area contributed by atoms with E-state index in [4.69, 9.17) is 5.73 Å². The molecule has 5 atom stereocenters. The molecule has 0 saturated heterocycles. The van der Waals surface area contributed by atoms with E-state index in [2.05, 4.69) is 35.9 Å². The first-order valence-corrected chi connectivity index (χ1v) is 13.4. The van der Waals surface area contributed by atoms with Crippen LogP contribution in [-0.2, 0) is 32.0 Å². The van der Waals surface area contributed by atoms with E-state index < -0.39 is 47.9 Å². The normalized spacial score (nSPS) is 15.1. The van der Waals surface area contributed by atoms with Gasteiger partial charge in [-0.1, -0.05) is 20.3 Å². The highest BCUT2D eigenvalue weighted by Crippen LogP contribution is 2.11. The van der Waals surface area contributed by atoms with Crippen LogP contribution in [0.4, 0.5) is 0 Å². The summed E-state index contributed by atoms with van der Waals surface area (Å²) in [5.41, 5.74) is 7.25. The van der Waals surface area contributed by atoms with E-state index in [-0.39, 0.29) is 18.8 Å². The van der Waals surface area contributed by atoms with Crippen LogP contribution in [0.25, 0.3) is 0 Å². The van der Waals surface area contributed by atoms with Gasteiger partial charge in [0.05, 0.1) is 18.7 Å². The Labute approximate surface area is 219 Å². The summed E-state index contributed by atoms with van der Waals surface area (Å²) in [6, 6.07) is -4.05. The van der Waals surface area contributed by atoms with Crippen molar-refractivity contribution in [1.29, 1.82) is 0 Å². The SMILES string of the molecule is CCC(C)C(NC(=O)C(CCSC)NC(=O)C(N)Cc1cnc[nH]1)C(=O)NC(Cc1cnc[nH]1)C(=O)O. The van der Waals surface area contributed by atoms with Crippen LogP contribution in [0.1, 0.15) is 38.1 Å². The van der Waals surface area contributed by atoms with Crippen LogP contribution in [0.5, 0.6) is 0 Å². The summed E-state index contributed by atoms with van der Waals surface area (Å²) in [6.07, 6.45) is 8.91. The number of carbonyl (C=O) groups excluding carboxylic acids is 3. The molecule has 13 nitrogen and oxygen atoms in total. The monoisotopic (exact) mass is 536 g/mol. The van der Waals surface area contributed by atoms with Crippen LogP contribution in [0.3, 0.4) is 0 Å². The summed E-state index contributed by atoms with van der Waals surface area (Å²) in [7, 11) is 0. The molecule has 37 heavy (non-hydrogen) atoms. The second kappa shape index (κ2) is 15.0. The van der Waals surface area contributed by atoms with Crippen molar-refractivity contribution in [2.45, 2.75) is 63.7 Å². The lowest BCUT2D eigenvalue weighted by Gasteiger charge is -2.28. The minimum atomic E-state index is -1.22. The standard InChI is InChI=1S/C23H36N8O5S/c1-4-13(2)19(22(34)30-18(23(35)36)8-15-10-26-12-28-15)31-21(33)17(5-6-37-3)29-20(32)16(24)7-14-9-25-11-27-14/h9-13,16-19H,4-8,24H2,1-3H3,(H,25,27)(H,26,28)(H,29,32)(H,30,34)(H,31,33)(H,35,36). The molecule has 0 aliphatic carbocycles. The number of hydrogen-bond acceptors (Lipinski definition) is 8. The van der Waals surface area contributed by atoms with Gasteiger partial charge in [-0.3, -0.25) is 14.4 Å². The maximum atomic E-state index is 13.2. The van der Waals surface area contributed by atoms with Crippen molar-refractivity contribution in [2.24, 2.45) is 11.7 Å². The Kier molecular flexibility index (Phi) is 12.1. The molecule has 0 fully saturated rings. The zero-order valence-corrected chi connectivity index (χ0v) is 22.0. The zero-order valence-electron chi connectivity index (χ0n) is 21.2. The summed E-state index contributed by atoms with van der Waals surface area (Å²) in [5.74, 6) is -2.61. The molecule has 0 bridgehead atoms. The molecule has 2 rings (SSSR count). The van der Waals surface area contributed by atoms with Crippen LogP contribution < -0.4 is 21.7 Å². The van der Waals surface area contributed by atoms with E-state index in [0.717, 1.165) is 0 Å². The number of carbonyl (C=O) groups is 4. The van der Waals surface area contributed by atoms with Crippen LogP contribution >= 0.6 is 11.8 Å². The maximum absolute atomic E-state index is 13.2. The molecule has 204 valence electrons. The largest absolute Gasteiger partial charge is 0.480 e. The number of amides is 3. The number of hydrogen-bond donors (Lipinski definition) is 7. The molecule has 2 heterocycles. The van der Waals surface area contributed by atoms with Gasteiger partial charge in [-0.15, -0.1) is 0 Å². The Morgan fingerprint density at radius 2 is 1.57 bits per heavy atom. The average molecular weight is 537 g/mol. The van der Waals surface area contributed by atoms with Gasteiger partial charge in [0.15, 0.2) is 0 Å². The van der Waals surface area contributed by atoms with Gasteiger partial charge < -0.3 is 36.8 Å². The van der Waals surface area contributed by atoms with E-state index >= 15 is 0 Å². The zero-order chi connectivity index (χ0) is 27.4. The third-order valence-corrected chi connectivity index (χ3v) is 6.61. The predicted octanol–water partition coefficient (Wildman–Crippen LogP) is -0.416. The number of nitrogens with one attached hydrogen (secondary N) is 5. The Bertz CT molecular complexity index is 1000. The molecule has 0 aliphatic heterocycles. The number of imidazole rings is 2. The van der Waals surface area contributed by atoms with Crippen LogP contribution in [0.15, 0.2) is 25.0 Å². The molecular formula is C23H36N8O5S. The van der Waals surface area contributed by atoms with Gasteiger partial charge in [-0.2, -0.15) is 11.8 Å². The number of rotatable bonds is 16. The Balaban J connectivity index is 2.10. The molecule has 8 N–H and O–H groups in total. The average Bonchev–Trinajstić information content (AvgIpc) is 3.58. The summed E-state index contributed by atoms with van der Waals surface area (Å²) >= 11 is 1.51. The molecule has 0 saturated carbocycles. The highest BCUT2D eigenvalue weighted by atomic mass is 32.2. The van der Waals surface area contributed by atoms with E-state index in [1.807, 2.05) is 13.2 Å². The summed E-state index contributed by atoms with van der Waals surface area (Å²) in [6.45, 7) is 3.64. The van der Waals surface area contributed by atoms with Crippen LogP contribution in [-0.4, -0.2) is 84.9 Å². The van der Waals surface area contributed by atoms with Crippen LogP contribution in [0, 0.1) is 5.92 Å². The molecule has 0 aliphatic rings. The number of aromatic amines is 2. The number of aromatic nitrogens is 4. The lowest BCUT2D eigenvalue weighted by atomic mass is 9.97. The number of nitrogens with zero attached hydrogens (tertiary/aromatic N) is 2. The molecule has 5 unspecified atom stereocenters. The molecule has 0 spiro atoms. The predicted molar refractivity (Wildman–Crippen MR) is 138 cm³/mol. The van der Waals surface area contributed by atoms with Gasteiger partial charge in [0.2, 0.25) is 17.7 Å². The maximum Gasteiger partial charge on any atom is 0.326 e. The molecule has 2 aromatic rings. The van der Waals surface area contributed by atoms with E-state index in [0.29, 0.717) is 30.0 Å². The van der Waals surface area contributed by atoms with Gasteiger partial charge in [-0.25, -0.2) is 14.8 Å². The summed E-state index contributed by atoms with van der Waals surface area (Å²) in [5, 5.41) is 17.5. The van der Waals surface area contributed by atoms with E-state index in [1.54, 1.807) is 13.1 Å². The Hall–Kier alpha value is -3.39. The molecular weight excluding hydrogens is 500 g/mol. The number of aliphatic carboxylic acids is 1. The topological polar surface area (TPSA) is 208 Å². The lowest BCUT2D eigenvalue weighted by molar-refractivity contribution is -0.142. The second-order valence-corrected chi connectivity index (χ2v) is 9.77. The fourth-order valence-corrected chi connectivity index (χ4v) is 4.01. The first-order chi connectivity index (χ1) is 17.7. The van der Waals surface area contributed by atoms with Crippen LogP contribution in [0.2, 0.25) is 0 Å². The van der Waals surface area contributed by atoms with Crippen molar-refractivity contribution in [3.05, 3.63) is 36.4 Å². The first kappa shape index (κ1) is 29.8. The van der Waals surface area contributed by atoms with Crippen molar-refractivity contribution in [1.82, 2.24) is 35.9 Å². The van der Waals surface area contributed by atoms with Gasteiger partial charge in [-0.05, 0) is 24.3 Å². The van der Waals surface area contributed by atoms with Crippen molar-refractivity contribution in [3.63, 3.8) is 0 Å². The molecule has 3 amide bonds. The molecule has 2 aromatic heterocycles. The molecule has 14 heteroatoms. The fourth-order valence-electron chi connectivity index (χ4n) is 3.54. The Morgan fingerprint density at radius 1 is 0.973 bits per heavy atom. The number of thioether (sulfide) groups is 1. The van der Waals surface area contributed by atoms with E-state index in [1.165, 1.54) is 30.6 Å². The lowest BCUT2D eigenvalue weighted by Crippen LogP contribution is -2.59. The molecule has 0 radical (unpaired) electrons. The summed E-state index contributed by atoms with van der Waals surface area (Å²) < 4.78 is 0. The minimum Gasteiger partial charge on any atom is -0.480 e. The number of nitrogens with two attached hydrogens (primary N) is 1. The number of H-pyrrole nitrogens is 2. The van der Waals surface area contributed by atoms with Gasteiger partial charge in [0, 0.05) is 36.6 Å². The third kappa shape index (κ3) is 9.53. The van der Waals surface area contributed by atoms with Crippen molar-refractivity contribution < 1.29 is 24.3 Å².